The Bertz CT molecular complexity index is 545. The summed E-state index contributed by atoms with van der Waals surface area (Å²) in [6, 6.07) is 1.43. The highest BCUT2D eigenvalue weighted by molar-refractivity contribution is 5.64. The third-order valence-corrected chi connectivity index (χ3v) is 4.90. The molecule has 0 atom stereocenters. The van der Waals surface area contributed by atoms with E-state index >= 15 is 0 Å². The first-order valence-corrected chi connectivity index (χ1v) is 11.6. The summed E-state index contributed by atoms with van der Waals surface area (Å²) < 4.78 is 17.4. The van der Waals surface area contributed by atoms with Crippen LogP contribution in [0.4, 0.5) is 0 Å². The van der Waals surface area contributed by atoms with E-state index in [1.54, 1.807) is 0 Å². The maximum atomic E-state index is 10.7. The molecule has 0 fully saturated rings. The van der Waals surface area contributed by atoms with E-state index in [0.29, 0.717) is 19.8 Å². The van der Waals surface area contributed by atoms with Crippen LogP contribution in [-0.4, -0.2) is 30.0 Å². The standard InChI is InChI=1S/C24H42O5/c1-4-7-10-13-16-27-21-19-20(25)23(28-17-14-11-8-5-2)24(22(21)26)29-18-15-12-9-6-3/h19,25-26H,4-18H2,1-3H3. The molecule has 1 aromatic rings. The van der Waals surface area contributed by atoms with Crippen molar-refractivity contribution >= 4 is 0 Å². The van der Waals surface area contributed by atoms with Crippen molar-refractivity contribution in [3.8, 4) is 28.7 Å². The van der Waals surface area contributed by atoms with Gasteiger partial charge in [0.15, 0.2) is 11.5 Å². The molecule has 5 heteroatoms. The lowest BCUT2D eigenvalue weighted by atomic mass is 10.2. The molecule has 1 rings (SSSR count). The zero-order valence-electron chi connectivity index (χ0n) is 18.8. The lowest BCUT2D eigenvalue weighted by Gasteiger charge is -2.18. The molecule has 0 saturated carbocycles. The molecule has 0 unspecified atom stereocenters. The number of rotatable bonds is 18. The van der Waals surface area contributed by atoms with Gasteiger partial charge in [0, 0.05) is 6.07 Å². The van der Waals surface area contributed by atoms with Crippen LogP contribution in [-0.2, 0) is 0 Å². The molecule has 0 aliphatic carbocycles. The number of unbranched alkanes of at least 4 members (excludes halogenated alkanes) is 9. The Hall–Kier alpha value is -1.78. The molecule has 2 N–H and O–H groups in total. The van der Waals surface area contributed by atoms with Gasteiger partial charge in [0.2, 0.25) is 17.2 Å². The SMILES string of the molecule is CCCCCCOc1cc(O)c(OCCCCCC)c(OCCCCCC)c1O. The molecule has 0 amide bonds. The fourth-order valence-corrected chi connectivity index (χ4v) is 3.09. The van der Waals surface area contributed by atoms with Crippen molar-refractivity contribution in [3.63, 3.8) is 0 Å². The first-order valence-electron chi connectivity index (χ1n) is 11.6. The van der Waals surface area contributed by atoms with E-state index in [0.717, 1.165) is 77.0 Å². The number of ether oxygens (including phenoxy) is 3. The van der Waals surface area contributed by atoms with E-state index in [2.05, 4.69) is 20.8 Å². The molecule has 0 saturated heterocycles. The highest BCUT2D eigenvalue weighted by Gasteiger charge is 2.22. The van der Waals surface area contributed by atoms with Crippen molar-refractivity contribution in [1.82, 2.24) is 0 Å². The quantitative estimate of drug-likeness (QED) is 0.202. The number of hydrogen-bond donors (Lipinski definition) is 2. The summed E-state index contributed by atoms with van der Waals surface area (Å²) in [5.41, 5.74) is 0. The number of aromatic hydroxyl groups is 2. The molecule has 0 aromatic heterocycles. The van der Waals surface area contributed by atoms with Crippen LogP contribution in [0.3, 0.4) is 0 Å². The summed E-state index contributed by atoms with van der Waals surface area (Å²) in [6.45, 7) is 7.94. The second kappa shape index (κ2) is 16.1. The van der Waals surface area contributed by atoms with Crippen LogP contribution in [0.25, 0.3) is 0 Å². The fourth-order valence-electron chi connectivity index (χ4n) is 3.09. The van der Waals surface area contributed by atoms with Crippen LogP contribution in [0.15, 0.2) is 6.07 Å². The second-order valence-corrected chi connectivity index (χ2v) is 7.63. The van der Waals surface area contributed by atoms with Crippen LogP contribution in [0, 0.1) is 0 Å². The number of phenolic OH excluding ortho intramolecular Hbond substituents is 2. The molecule has 0 aliphatic heterocycles. The van der Waals surface area contributed by atoms with Crippen molar-refractivity contribution in [2.45, 2.75) is 97.8 Å². The Labute approximate surface area is 177 Å². The maximum absolute atomic E-state index is 10.7. The van der Waals surface area contributed by atoms with Gasteiger partial charge < -0.3 is 24.4 Å². The van der Waals surface area contributed by atoms with Gasteiger partial charge in [-0.15, -0.1) is 0 Å². The summed E-state index contributed by atoms with van der Waals surface area (Å²) >= 11 is 0. The topological polar surface area (TPSA) is 68.2 Å². The van der Waals surface area contributed by atoms with Gasteiger partial charge in [0.05, 0.1) is 19.8 Å². The average molecular weight is 411 g/mol. The average Bonchev–Trinajstić information content (AvgIpc) is 2.71. The smallest absolute Gasteiger partial charge is 0.211 e. The van der Waals surface area contributed by atoms with Gasteiger partial charge in [-0.2, -0.15) is 0 Å². The fraction of sp³-hybridized carbons (Fsp3) is 0.750. The summed E-state index contributed by atoms with van der Waals surface area (Å²) in [4.78, 5) is 0. The number of hydrogen-bond acceptors (Lipinski definition) is 5. The minimum atomic E-state index is -0.0858. The maximum Gasteiger partial charge on any atom is 0.211 e. The van der Waals surface area contributed by atoms with Gasteiger partial charge in [-0.1, -0.05) is 78.6 Å². The Kier molecular flexibility index (Phi) is 14.0. The third-order valence-electron chi connectivity index (χ3n) is 4.90. The lowest BCUT2D eigenvalue weighted by molar-refractivity contribution is 0.231. The van der Waals surface area contributed by atoms with Crippen molar-refractivity contribution in [2.75, 3.05) is 19.8 Å². The monoisotopic (exact) mass is 410 g/mol. The highest BCUT2D eigenvalue weighted by atomic mass is 16.5. The van der Waals surface area contributed by atoms with Crippen LogP contribution < -0.4 is 14.2 Å². The van der Waals surface area contributed by atoms with E-state index in [-0.39, 0.29) is 28.7 Å². The predicted octanol–water partition coefficient (Wildman–Crippen LogP) is 6.98. The zero-order chi connectivity index (χ0) is 21.3. The third kappa shape index (κ3) is 10.00. The molecule has 0 spiro atoms. The Balaban J connectivity index is 2.80. The molecule has 0 aliphatic rings. The van der Waals surface area contributed by atoms with Crippen LogP contribution >= 0.6 is 0 Å². The van der Waals surface area contributed by atoms with Gasteiger partial charge in [0.1, 0.15) is 0 Å². The summed E-state index contributed by atoms with van der Waals surface area (Å²) in [6.07, 6.45) is 12.9. The predicted molar refractivity (Wildman–Crippen MR) is 119 cm³/mol. The van der Waals surface area contributed by atoms with Crippen molar-refractivity contribution < 1.29 is 24.4 Å². The second-order valence-electron chi connectivity index (χ2n) is 7.63. The number of phenols is 2. The number of benzene rings is 1. The molecule has 0 heterocycles. The normalized spacial score (nSPS) is 10.9. The zero-order valence-corrected chi connectivity index (χ0v) is 18.8. The van der Waals surface area contributed by atoms with Gasteiger partial charge in [-0.05, 0) is 19.3 Å². The van der Waals surface area contributed by atoms with E-state index in [1.165, 1.54) is 6.07 Å². The first kappa shape index (κ1) is 25.3. The van der Waals surface area contributed by atoms with E-state index in [9.17, 15) is 10.2 Å². The van der Waals surface area contributed by atoms with Gasteiger partial charge in [0.25, 0.3) is 0 Å². The summed E-state index contributed by atoms with van der Waals surface area (Å²) in [5, 5.41) is 21.2. The van der Waals surface area contributed by atoms with E-state index in [4.69, 9.17) is 14.2 Å². The summed E-state index contributed by atoms with van der Waals surface area (Å²) in [5.74, 6) is 0.525. The van der Waals surface area contributed by atoms with Gasteiger partial charge >= 0.3 is 0 Å². The summed E-state index contributed by atoms with van der Waals surface area (Å²) in [7, 11) is 0. The molecule has 29 heavy (non-hydrogen) atoms. The Morgan fingerprint density at radius 1 is 0.586 bits per heavy atom. The minimum Gasteiger partial charge on any atom is -0.504 e. The van der Waals surface area contributed by atoms with E-state index < -0.39 is 0 Å². The van der Waals surface area contributed by atoms with Gasteiger partial charge in [-0.25, -0.2) is 0 Å². The van der Waals surface area contributed by atoms with Gasteiger partial charge in [-0.3, -0.25) is 0 Å². The molecule has 0 radical (unpaired) electrons. The largest absolute Gasteiger partial charge is 0.504 e. The van der Waals surface area contributed by atoms with Crippen molar-refractivity contribution in [3.05, 3.63) is 6.07 Å². The van der Waals surface area contributed by atoms with Crippen LogP contribution in [0.1, 0.15) is 97.8 Å². The first-order chi connectivity index (χ1) is 14.2. The molecule has 168 valence electrons. The van der Waals surface area contributed by atoms with Crippen molar-refractivity contribution in [2.24, 2.45) is 0 Å². The Morgan fingerprint density at radius 2 is 1.03 bits per heavy atom. The van der Waals surface area contributed by atoms with Crippen LogP contribution in [0.2, 0.25) is 0 Å². The molecule has 1 aromatic carbocycles. The minimum absolute atomic E-state index is 0.0505. The molecule has 5 nitrogen and oxygen atoms in total. The van der Waals surface area contributed by atoms with Crippen LogP contribution in [0.5, 0.6) is 28.7 Å². The molecule has 0 bridgehead atoms. The lowest BCUT2D eigenvalue weighted by Crippen LogP contribution is -2.05. The molecular formula is C24H42O5. The van der Waals surface area contributed by atoms with Crippen molar-refractivity contribution in [1.29, 1.82) is 0 Å². The Morgan fingerprint density at radius 3 is 1.52 bits per heavy atom. The van der Waals surface area contributed by atoms with E-state index in [1.807, 2.05) is 0 Å². The molecular weight excluding hydrogens is 368 g/mol. The highest BCUT2D eigenvalue weighted by Crippen LogP contribution is 2.49.